The summed E-state index contributed by atoms with van der Waals surface area (Å²) >= 11 is 5.39. The highest BCUT2D eigenvalue weighted by Crippen LogP contribution is 2.35. The van der Waals surface area contributed by atoms with Gasteiger partial charge in [-0.1, -0.05) is 11.6 Å². The zero-order chi connectivity index (χ0) is 11.8. The molecule has 1 rings (SSSR count). The molecule has 0 fully saturated rings. The van der Waals surface area contributed by atoms with Gasteiger partial charge in [0.1, 0.15) is 4.90 Å². The van der Waals surface area contributed by atoms with Crippen molar-refractivity contribution in [2.24, 2.45) is 0 Å². The van der Waals surface area contributed by atoms with Gasteiger partial charge in [0.2, 0.25) is 0 Å². The number of hydrogen-bond donors (Lipinski definition) is 1. The molecular formula is C6H4Cl2F2N2O2S. The van der Waals surface area contributed by atoms with Crippen LogP contribution >= 0.6 is 22.3 Å². The van der Waals surface area contributed by atoms with Crippen molar-refractivity contribution in [2.45, 2.75) is 11.3 Å². The maximum Gasteiger partial charge on any atom is 0.266 e. The first-order valence-electron chi connectivity index (χ1n) is 3.42. The number of halogens is 4. The van der Waals surface area contributed by atoms with Crippen LogP contribution in [0.5, 0.6) is 0 Å². The molecule has 0 bridgehead atoms. The summed E-state index contributed by atoms with van der Waals surface area (Å²) in [5.41, 5.74) is 3.77. The van der Waals surface area contributed by atoms with Gasteiger partial charge in [0.05, 0.1) is 11.3 Å². The van der Waals surface area contributed by atoms with Crippen LogP contribution in [0.2, 0.25) is 5.15 Å². The van der Waals surface area contributed by atoms with Crippen molar-refractivity contribution < 1.29 is 17.2 Å². The fourth-order valence-corrected chi connectivity index (χ4v) is 2.43. The lowest BCUT2D eigenvalue weighted by molar-refractivity contribution is 0.147. The van der Waals surface area contributed by atoms with E-state index in [9.17, 15) is 17.2 Å². The Bertz CT molecular complexity index is 492. The van der Waals surface area contributed by atoms with Crippen LogP contribution in [0.1, 0.15) is 12.0 Å². The number of hydrogen-bond acceptors (Lipinski definition) is 4. The van der Waals surface area contributed by atoms with Crippen LogP contribution in [0.4, 0.5) is 14.5 Å². The molecule has 0 saturated heterocycles. The first-order valence-corrected chi connectivity index (χ1v) is 6.10. The molecular weight excluding hydrogens is 273 g/mol. The van der Waals surface area contributed by atoms with Gasteiger partial charge in [0.15, 0.2) is 5.15 Å². The van der Waals surface area contributed by atoms with Crippen LogP contribution in [0.25, 0.3) is 0 Å². The van der Waals surface area contributed by atoms with E-state index in [-0.39, 0.29) is 0 Å². The first kappa shape index (κ1) is 12.4. The average Bonchev–Trinajstić information content (AvgIpc) is 2.06. The van der Waals surface area contributed by atoms with Crippen molar-refractivity contribution >= 4 is 37.0 Å². The third-order valence-corrected chi connectivity index (χ3v) is 3.23. The monoisotopic (exact) mass is 276 g/mol. The maximum absolute atomic E-state index is 12.4. The van der Waals surface area contributed by atoms with Crippen LogP contribution < -0.4 is 5.73 Å². The zero-order valence-electron chi connectivity index (χ0n) is 6.92. The molecule has 0 radical (unpaired) electrons. The van der Waals surface area contributed by atoms with Crippen molar-refractivity contribution in [2.75, 3.05) is 5.73 Å². The molecule has 1 heterocycles. The van der Waals surface area contributed by atoms with Gasteiger partial charge in [-0.2, -0.15) is 0 Å². The van der Waals surface area contributed by atoms with E-state index in [4.69, 9.17) is 28.0 Å². The fraction of sp³-hybridized carbons (Fsp3) is 0.167. The van der Waals surface area contributed by atoms with Gasteiger partial charge in [-0.3, -0.25) is 0 Å². The van der Waals surface area contributed by atoms with Gasteiger partial charge >= 0.3 is 0 Å². The van der Waals surface area contributed by atoms with E-state index < -0.39 is 36.8 Å². The van der Waals surface area contributed by atoms with Gasteiger partial charge in [-0.15, -0.1) is 0 Å². The third kappa shape index (κ3) is 2.47. The van der Waals surface area contributed by atoms with Gasteiger partial charge in [-0.05, 0) is 0 Å². The lowest BCUT2D eigenvalue weighted by Gasteiger charge is -2.08. The highest BCUT2D eigenvalue weighted by atomic mass is 35.7. The number of pyridine rings is 1. The highest BCUT2D eigenvalue weighted by molar-refractivity contribution is 8.14. The smallest absolute Gasteiger partial charge is 0.266 e. The Morgan fingerprint density at radius 1 is 1.47 bits per heavy atom. The third-order valence-electron chi connectivity index (χ3n) is 1.52. The number of alkyl halides is 2. The van der Waals surface area contributed by atoms with Crippen molar-refractivity contribution in [3.05, 3.63) is 16.9 Å². The van der Waals surface area contributed by atoms with Crippen LogP contribution in [0, 0.1) is 0 Å². The lowest BCUT2D eigenvalue weighted by atomic mass is 10.3. The Morgan fingerprint density at radius 3 is 2.40 bits per heavy atom. The Balaban J connectivity index is 3.65. The number of nitrogen functional groups attached to an aromatic ring is 1. The van der Waals surface area contributed by atoms with E-state index >= 15 is 0 Å². The summed E-state index contributed by atoms with van der Waals surface area (Å²) in [7, 11) is 0.569. The molecule has 0 aromatic carbocycles. The SMILES string of the molecule is Nc1c(Cl)ncc(C(F)F)c1S(=O)(=O)Cl. The molecule has 0 saturated carbocycles. The topological polar surface area (TPSA) is 73.0 Å². The van der Waals surface area contributed by atoms with Gasteiger partial charge in [0.25, 0.3) is 15.5 Å². The molecule has 0 aliphatic heterocycles. The molecule has 2 N–H and O–H groups in total. The molecule has 4 nitrogen and oxygen atoms in total. The van der Waals surface area contributed by atoms with E-state index in [1.54, 1.807) is 0 Å². The molecule has 0 aliphatic carbocycles. The normalized spacial score (nSPS) is 12.1. The maximum atomic E-state index is 12.4. The largest absolute Gasteiger partial charge is 0.395 e. The summed E-state index contributed by atoms with van der Waals surface area (Å²) in [4.78, 5) is 2.42. The van der Waals surface area contributed by atoms with Gasteiger partial charge in [-0.25, -0.2) is 22.2 Å². The number of nitrogens with two attached hydrogens (primary N) is 1. The van der Waals surface area contributed by atoms with Crippen molar-refractivity contribution in [3.63, 3.8) is 0 Å². The Hall–Kier alpha value is -0.660. The van der Waals surface area contributed by atoms with Gasteiger partial charge < -0.3 is 5.73 Å². The molecule has 0 aliphatic rings. The average molecular weight is 277 g/mol. The lowest BCUT2D eigenvalue weighted by Crippen LogP contribution is -2.06. The number of rotatable bonds is 2. The molecule has 84 valence electrons. The van der Waals surface area contributed by atoms with Crippen LogP contribution in [-0.4, -0.2) is 13.4 Å². The molecule has 0 spiro atoms. The molecule has 0 amide bonds. The second kappa shape index (κ2) is 4.07. The predicted octanol–water partition coefficient (Wildman–Crippen LogP) is 2.18. The fourth-order valence-electron chi connectivity index (χ4n) is 0.931. The minimum atomic E-state index is -4.39. The minimum Gasteiger partial charge on any atom is -0.395 e. The molecule has 1 aromatic heterocycles. The zero-order valence-corrected chi connectivity index (χ0v) is 9.24. The van der Waals surface area contributed by atoms with E-state index in [0.717, 1.165) is 0 Å². The second-order valence-corrected chi connectivity index (χ2v) is 5.35. The number of nitrogens with zero attached hydrogens (tertiary/aromatic N) is 1. The quantitative estimate of drug-likeness (QED) is 0.664. The summed E-state index contributed by atoms with van der Waals surface area (Å²) in [5, 5.41) is -0.390. The van der Waals surface area contributed by atoms with E-state index in [1.165, 1.54) is 0 Å². The molecule has 15 heavy (non-hydrogen) atoms. The van der Waals surface area contributed by atoms with E-state index in [2.05, 4.69) is 4.98 Å². The standard InChI is InChI=1S/C6H4Cl2F2N2O2S/c7-5-3(11)4(15(8,13)14)2(1-12-5)6(9)10/h1,6H,11H2. The molecule has 0 atom stereocenters. The Kier molecular flexibility index (Phi) is 3.37. The molecule has 1 aromatic rings. The summed E-state index contributed by atoms with van der Waals surface area (Å²) in [6.45, 7) is 0. The van der Waals surface area contributed by atoms with E-state index in [0.29, 0.717) is 6.20 Å². The van der Waals surface area contributed by atoms with Crippen molar-refractivity contribution in [1.29, 1.82) is 0 Å². The summed E-state index contributed by atoms with van der Waals surface area (Å²) < 4.78 is 46.8. The van der Waals surface area contributed by atoms with Crippen LogP contribution in [0.3, 0.4) is 0 Å². The number of aromatic nitrogens is 1. The van der Waals surface area contributed by atoms with Crippen LogP contribution in [-0.2, 0) is 9.05 Å². The summed E-state index contributed by atoms with van der Waals surface area (Å²) in [6.07, 6.45) is -2.43. The van der Waals surface area contributed by atoms with Crippen LogP contribution in [0.15, 0.2) is 11.1 Å². The summed E-state index contributed by atoms with van der Waals surface area (Å²) in [6, 6.07) is 0. The van der Waals surface area contributed by atoms with E-state index in [1.807, 2.05) is 0 Å². The predicted molar refractivity (Wildman–Crippen MR) is 51.7 cm³/mol. The van der Waals surface area contributed by atoms with Crippen molar-refractivity contribution in [1.82, 2.24) is 4.98 Å². The Morgan fingerprint density at radius 2 is 2.00 bits per heavy atom. The van der Waals surface area contributed by atoms with Crippen molar-refractivity contribution in [3.8, 4) is 0 Å². The Labute approximate surface area is 93.4 Å². The van der Waals surface area contributed by atoms with Gasteiger partial charge in [0, 0.05) is 16.9 Å². The molecule has 0 unspecified atom stereocenters. The second-order valence-electron chi connectivity index (χ2n) is 2.49. The molecule has 9 heteroatoms. The highest BCUT2D eigenvalue weighted by Gasteiger charge is 2.26. The summed E-state index contributed by atoms with van der Waals surface area (Å²) in [5.74, 6) is 0. The number of anilines is 1. The minimum absolute atomic E-state index is 0.390. The first-order chi connectivity index (χ1) is 6.75.